The Balaban J connectivity index is 2.39. The van der Waals surface area contributed by atoms with E-state index in [-0.39, 0.29) is 16.8 Å². The van der Waals surface area contributed by atoms with Gasteiger partial charge in [-0.3, -0.25) is 4.79 Å². The highest BCUT2D eigenvalue weighted by atomic mass is 16.3. The molecule has 3 rings (SSSR count). The molecule has 1 aromatic carbocycles. The monoisotopic (exact) mass is 234 g/mol. The number of benzene rings is 1. The highest BCUT2D eigenvalue weighted by Crippen LogP contribution is 2.41. The lowest BCUT2D eigenvalue weighted by molar-refractivity contribution is 0.371. The Labute approximate surface area is 95.2 Å². The van der Waals surface area contributed by atoms with Gasteiger partial charge in [0.2, 0.25) is 5.75 Å². The fourth-order valence-electron chi connectivity index (χ4n) is 1.83. The molecule has 0 aliphatic heterocycles. The van der Waals surface area contributed by atoms with E-state index in [0.29, 0.717) is 5.82 Å². The van der Waals surface area contributed by atoms with Gasteiger partial charge in [0.1, 0.15) is 11.2 Å². The Morgan fingerprint density at radius 2 is 1.94 bits per heavy atom. The van der Waals surface area contributed by atoms with E-state index in [2.05, 4.69) is 9.97 Å². The van der Waals surface area contributed by atoms with Gasteiger partial charge in [-0.15, -0.1) is 0 Å². The second-order valence-electron chi connectivity index (χ2n) is 4.21. The summed E-state index contributed by atoms with van der Waals surface area (Å²) in [4.78, 5) is 18.5. The van der Waals surface area contributed by atoms with Crippen molar-refractivity contribution in [3.05, 3.63) is 22.2 Å². The molecule has 17 heavy (non-hydrogen) atoms. The van der Waals surface area contributed by atoms with Crippen LogP contribution in [-0.2, 0) is 0 Å². The largest absolute Gasteiger partial charge is 0.504 e. The van der Waals surface area contributed by atoms with E-state index in [9.17, 15) is 20.1 Å². The number of aromatic nitrogens is 2. The molecule has 1 heterocycles. The number of hydrogen-bond acceptors (Lipinski definition) is 5. The van der Waals surface area contributed by atoms with Crippen LogP contribution in [0.1, 0.15) is 24.6 Å². The fourth-order valence-corrected chi connectivity index (χ4v) is 1.83. The topological polar surface area (TPSA) is 106 Å². The number of nitrogens with one attached hydrogen (secondary N) is 1. The Morgan fingerprint density at radius 1 is 1.24 bits per heavy atom. The van der Waals surface area contributed by atoms with Crippen LogP contribution in [0.15, 0.2) is 10.9 Å². The molecule has 88 valence electrons. The first-order valence-electron chi connectivity index (χ1n) is 5.25. The van der Waals surface area contributed by atoms with Gasteiger partial charge in [-0.2, -0.15) is 0 Å². The Bertz CT molecular complexity index is 673. The third-order valence-electron chi connectivity index (χ3n) is 2.91. The molecule has 0 saturated heterocycles. The molecule has 1 aliphatic rings. The van der Waals surface area contributed by atoms with Crippen molar-refractivity contribution < 1.29 is 15.3 Å². The van der Waals surface area contributed by atoms with E-state index < -0.39 is 22.8 Å². The van der Waals surface area contributed by atoms with Gasteiger partial charge in [-0.25, -0.2) is 4.98 Å². The van der Waals surface area contributed by atoms with E-state index in [4.69, 9.17) is 0 Å². The third kappa shape index (κ3) is 1.41. The second-order valence-corrected chi connectivity index (χ2v) is 4.21. The van der Waals surface area contributed by atoms with Gasteiger partial charge in [0.05, 0.1) is 5.52 Å². The lowest BCUT2D eigenvalue weighted by atomic mass is 10.2. The zero-order chi connectivity index (χ0) is 12.2. The standard InChI is InChI=1S/C11H10N2O4/c14-6-3-5-7(9(16)8(6)15)11(17)13-10(12-5)4-1-2-4/h3-4,14-16H,1-2H2,(H,12,13,17). The summed E-state index contributed by atoms with van der Waals surface area (Å²) in [6, 6.07) is 1.17. The van der Waals surface area contributed by atoms with Crippen molar-refractivity contribution >= 4 is 10.9 Å². The summed E-state index contributed by atoms with van der Waals surface area (Å²) in [6.45, 7) is 0. The molecule has 0 spiro atoms. The molecule has 0 amide bonds. The number of rotatable bonds is 1. The zero-order valence-corrected chi connectivity index (χ0v) is 8.77. The number of hydrogen-bond donors (Lipinski definition) is 4. The van der Waals surface area contributed by atoms with Gasteiger partial charge in [0.25, 0.3) is 5.56 Å². The van der Waals surface area contributed by atoms with Gasteiger partial charge in [0.15, 0.2) is 11.5 Å². The number of aromatic hydroxyl groups is 3. The van der Waals surface area contributed by atoms with Crippen LogP contribution < -0.4 is 5.56 Å². The maximum Gasteiger partial charge on any atom is 0.262 e. The third-order valence-corrected chi connectivity index (χ3v) is 2.91. The average Bonchev–Trinajstić information content (AvgIpc) is 3.08. The van der Waals surface area contributed by atoms with Crippen molar-refractivity contribution in [2.24, 2.45) is 0 Å². The van der Waals surface area contributed by atoms with Crippen molar-refractivity contribution in [2.45, 2.75) is 18.8 Å². The highest BCUT2D eigenvalue weighted by Gasteiger charge is 2.27. The number of fused-ring (bicyclic) bond motifs is 1. The number of aromatic amines is 1. The van der Waals surface area contributed by atoms with E-state index >= 15 is 0 Å². The Morgan fingerprint density at radius 3 is 2.59 bits per heavy atom. The molecule has 6 nitrogen and oxygen atoms in total. The zero-order valence-electron chi connectivity index (χ0n) is 8.77. The molecule has 4 N–H and O–H groups in total. The Hall–Kier alpha value is -2.24. The molecule has 1 fully saturated rings. The van der Waals surface area contributed by atoms with Crippen molar-refractivity contribution in [2.75, 3.05) is 0 Å². The maximum absolute atomic E-state index is 11.8. The minimum absolute atomic E-state index is 0.107. The number of nitrogens with zero attached hydrogens (tertiary/aromatic N) is 1. The smallest absolute Gasteiger partial charge is 0.262 e. The molecular weight excluding hydrogens is 224 g/mol. The van der Waals surface area contributed by atoms with Gasteiger partial charge >= 0.3 is 0 Å². The van der Waals surface area contributed by atoms with Gasteiger partial charge in [-0.05, 0) is 12.8 Å². The first kappa shape index (κ1) is 9.95. The van der Waals surface area contributed by atoms with Gasteiger partial charge < -0.3 is 20.3 Å². The molecule has 6 heteroatoms. The Kier molecular flexibility index (Phi) is 1.83. The normalized spacial score (nSPS) is 15.3. The SMILES string of the molecule is O=c1[nH]c(C2CC2)nc2cc(O)c(O)c(O)c12. The van der Waals surface area contributed by atoms with E-state index in [1.807, 2.05) is 0 Å². The second kappa shape index (κ2) is 3.13. The summed E-state index contributed by atoms with van der Waals surface area (Å²) >= 11 is 0. The van der Waals surface area contributed by atoms with Crippen molar-refractivity contribution in [1.29, 1.82) is 0 Å². The molecule has 1 aromatic heterocycles. The highest BCUT2D eigenvalue weighted by molar-refractivity contribution is 5.88. The molecule has 0 atom stereocenters. The van der Waals surface area contributed by atoms with E-state index in [1.165, 1.54) is 6.07 Å². The molecular formula is C11H10N2O4. The summed E-state index contributed by atoms with van der Waals surface area (Å²) in [7, 11) is 0. The average molecular weight is 234 g/mol. The molecule has 0 unspecified atom stereocenters. The summed E-state index contributed by atoms with van der Waals surface area (Å²) in [6.07, 6.45) is 1.95. The van der Waals surface area contributed by atoms with E-state index in [1.54, 1.807) is 0 Å². The quantitative estimate of drug-likeness (QED) is 0.549. The van der Waals surface area contributed by atoms with Crippen LogP contribution in [0.4, 0.5) is 0 Å². The molecule has 1 aliphatic carbocycles. The number of H-pyrrole nitrogens is 1. The number of phenols is 3. The van der Waals surface area contributed by atoms with Crippen LogP contribution in [0.2, 0.25) is 0 Å². The number of phenolic OH excluding ortho intramolecular Hbond substituents is 3. The summed E-state index contributed by atoms with van der Waals surface area (Å²) in [5.74, 6) is -1.02. The van der Waals surface area contributed by atoms with Crippen molar-refractivity contribution in [1.82, 2.24) is 9.97 Å². The van der Waals surface area contributed by atoms with Gasteiger partial charge in [-0.1, -0.05) is 0 Å². The van der Waals surface area contributed by atoms with Crippen LogP contribution in [0.3, 0.4) is 0 Å². The summed E-state index contributed by atoms with van der Waals surface area (Å²) in [5, 5.41) is 28.2. The molecule has 0 radical (unpaired) electrons. The predicted octanol–water partition coefficient (Wildman–Crippen LogP) is 0.917. The first-order valence-corrected chi connectivity index (χ1v) is 5.25. The maximum atomic E-state index is 11.8. The first-order chi connectivity index (χ1) is 8.08. The van der Waals surface area contributed by atoms with Crippen molar-refractivity contribution in [3.8, 4) is 17.2 Å². The predicted molar refractivity (Wildman–Crippen MR) is 59.3 cm³/mol. The lowest BCUT2D eigenvalue weighted by Gasteiger charge is -2.06. The summed E-state index contributed by atoms with van der Waals surface area (Å²) < 4.78 is 0. The van der Waals surface area contributed by atoms with Crippen LogP contribution in [0, 0.1) is 0 Å². The van der Waals surface area contributed by atoms with E-state index in [0.717, 1.165) is 12.8 Å². The van der Waals surface area contributed by atoms with Crippen LogP contribution in [-0.4, -0.2) is 25.3 Å². The fraction of sp³-hybridized carbons (Fsp3) is 0.273. The van der Waals surface area contributed by atoms with Gasteiger partial charge in [0, 0.05) is 12.0 Å². The van der Waals surface area contributed by atoms with Crippen LogP contribution in [0.5, 0.6) is 17.2 Å². The summed E-state index contributed by atoms with van der Waals surface area (Å²) in [5.41, 5.74) is -0.326. The van der Waals surface area contributed by atoms with Crippen LogP contribution in [0.25, 0.3) is 10.9 Å². The minimum atomic E-state index is -0.705. The van der Waals surface area contributed by atoms with Crippen LogP contribution >= 0.6 is 0 Å². The van der Waals surface area contributed by atoms with Crippen molar-refractivity contribution in [3.63, 3.8) is 0 Å². The molecule has 0 bridgehead atoms. The lowest BCUT2D eigenvalue weighted by Crippen LogP contribution is -2.11. The molecule has 2 aromatic rings. The minimum Gasteiger partial charge on any atom is -0.504 e. The molecule has 1 saturated carbocycles.